The summed E-state index contributed by atoms with van der Waals surface area (Å²) in [6, 6.07) is 7.39. The number of hydrogen-bond acceptors (Lipinski definition) is 6. The van der Waals surface area contributed by atoms with Crippen LogP contribution in [0, 0.1) is 0 Å². The average Bonchev–Trinajstić information content (AvgIpc) is 3.18. The Bertz CT molecular complexity index is 915. The van der Waals surface area contributed by atoms with E-state index in [9.17, 15) is 8.42 Å². The molecule has 1 aromatic heterocycles. The second-order valence-electron chi connectivity index (χ2n) is 6.76. The van der Waals surface area contributed by atoms with Gasteiger partial charge in [-0.15, -0.1) is 0 Å². The molecule has 0 aliphatic carbocycles. The largest absolute Gasteiger partial charge is 0.497 e. The van der Waals surface area contributed by atoms with Crippen LogP contribution >= 0.6 is 0 Å². The first kappa shape index (κ1) is 19.6. The van der Waals surface area contributed by atoms with E-state index in [0.29, 0.717) is 12.5 Å². The van der Waals surface area contributed by atoms with Crippen molar-refractivity contribution in [2.75, 3.05) is 38.4 Å². The Morgan fingerprint density at radius 3 is 2.78 bits per heavy atom. The van der Waals surface area contributed by atoms with Crippen molar-refractivity contribution in [1.29, 1.82) is 0 Å². The van der Waals surface area contributed by atoms with E-state index in [2.05, 4.69) is 4.98 Å². The molecule has 0 unspecified atom stereocenters. The quantitative estimate of drug-likeness (QED) is 0.755. The van der Waals surface area contributed by atoms with Gasteiger partial charge in [0.05, 0.1) is 24.6 Å². The minimum atomic E-state index is -3.31. The Kier molecular flexibility index (Phi) is 5.67. The van der Waals surface area contributed by atoms with E-state index in [0.717, 1.165) is 35.4 Å². The van der Waals surface area contributed by atoms with Crippen LogP contribution < -0.4 is 9.64 Å². The molecule has 1 atom stereocenters. The number of methoxy groups -OCH3 is 1. The van der Waals surface area contributed by atoms with Gasteiger partial charge in [-0.2, -0.15) is 4.31 Å². The van der Waals surface area contributed by atoms with Crippen LogP contribution in [0.15, 0.2) is 30.5 Å². The molecule has 0 amide bonds. The molecule has 0 spiro atoms. The predicted octanol–water partition coefficient (Wildman–Crippen LogP) is 2.70. The van der Waals surface area contributed by atoms with E-state index in [1.54, 1.807) is 24.5 Å². The van der Waals surface area contributed by atoms with Crippen LogP contribution in [0.25, 0.3) is 11.1 Å². The van der Waals surface area contributed by atoms with Crippen molar-refractivity contribution < 1.29 is 13.2 Å². The maximum atomic E-state index is 12.6. The first-order valence-corrected chi connectivity index (χ1v) is 10.7. The summed E-state index contributed by atoms with van der Waals surface area (Å²) in [4.78, 5) is 11.0. The summed E-state index contributed by atoms with van der Waals surface area (Å²) in [6.45, 7) is 2.21. The van der Waals surface area contributed by atoms with Crippen molar-refractivity contribution in [1.82, 2.24) is 14.3 Å². The van der Waals surface area contributed by atoms with Crippen molar-refractivity contribution >= 4 is 16.0 Å². The molecule has 1 saturated heterocycles. The number of benzene rings is 1. The summed E-state index contributed by atoms with van der Waals surface area (Å²) in [5.41, 5.74) is 2.49. The molecule has 0 N–H and O–H groups in total. The molecule has 1 fully saturated rings. The van der Waals surface area contributed by atoms with Crippen molar-refractivity contribution in [2.24, 2.45) is 0 Å². The lowest BCUT2D eigenvalue weighted by molar-refractivity contribution is 0.391. The average molecular weight is 391 g/mol. The Balaban J connectivity index is 2.15. The van der Waals surface area contributed by atoms with Crippen molar-refractivity contribution in [3.8, 4) is 16.9 Å². The number of anilines is 1. The zero-order valence-electron chi connectivity index (χ0n) is 16.2. The van der Waals surface area contributed by atoms with Crippen molar-refractivity contribution in [3.63, 3.8) is 0 Å². The first-order valence-electron chi connectivity index (χ1n) is 9.05. The molecule has 1 aromatic carbocycles. The lowest BCUT2D eigenvalue weighted by Crippen LogP contribution is -2.32. The molecule has 0 saturated carbocycles. The van der Waals surface area contributed by atoms with Gasteiger partial charge < -0.3 is 9.64 Å². The third-order valence-corrected chi connectivity index (χ3v) is 6.71. The molecule has 2 heterocycles. The standard InChI is InChI=1S/C19H26N4O3S/c1-5-27(24,25)23-11-7-10-17(23)18-16(13-20-19(21-18)22(2)3)14-8-6-9-15(12-14)26-4/h6,8-9,12-13,17H,5,7,10-11H2,1-4H3/t17-/m1/s1. The van der Waals surface area contributed by atoms with Crippen LogP contribution in [0.3, 0.4) is 0 Å². The lowest BCUT2D eigenvalue weighted by atomic mass is 10.00. The van der Waals surface area contributed by atoms with Gasteiger partial charge in [-0.3, -0.25) is 0 Å². The maximum absolute atomic E-state index is 12.6. The molecule has 7 nitrogen and oxygen atoms in total. The van der Waals surface area contributed by atoms with E-state index in [1.165, 1.54) is 0 Å². The van der Waals surface area contributed by atoms with Gasteiger partial charge in [-0.25, -0.2) is 18.4 Å². The van der Waals surface area contributed by atoms with E-state index >= 15 is 0 Å². The fourth-order valence-corrected chi connectivity index (χ4v) is 4.71. The highest BCUT2D eigenvalue weighted by atomic mass is 32.2. The smallest absolute Gasteiger partial charge is 0.225 e. The zero-order chi connectivity index (χ0) is 19.6. The molecular formula is C19H26N4O3S. The third-order valence-electron chi connectivity index (χ3n) is 4.83. The second-order valence-corrected chi connectivity index (χ2v) is 8.97. The van der Waals surface area contributed by atoms with Gasteiger partial charge in [-0.05, 0) is 37.5 Å². The topological polar surface area (TPSA) is 75.6 Å². The number of hydrogen-bond donors (Lipinski definition) is 0. The fraction of sp³-hybridized carbons (Fsp3) is 0.474. The van der Waals surface area contributed by atoms with Crippen LogP contribution in [0.5, 0.6) is 5.75 Å². The molecule has 146 valence electrons. The molecule has 0 radical (unpaired) electrons. The number of ether oxygens (including phenoxy) is 1. The minimum absolute atomic E-state index is 0.0869. The third kappa shape index (κ3) is 3.91. The normalized spacial score (nSPS) is 17.9. The highest BCUT2D eigenvalue weighted by Crippen LogP contribution is 2.39. The number of aromatic nitrogens is 2. The Labute approximate surface area is 161 Å². The van der Waals surface area contributed by atoms with E-state index in [-0.39, 0.29) is 11.8 Å². The van der Waals surface area contributed by atoms with Crippen molar-refractivity contribution in [2.45, 2.75) is 25.8 Å². The van der Waals surface area contributed by atoms with Crippen LogP contribution in [0.2, 0.25) is 0 Å². The van der Waals surface area contributed by atoms with Crippen LogP contribution in [-0.4, -0.2) is 56.2 Å². The maximum Gasteiger partial charge on any atom is 0.225 e. The van der Waals surface area contributed by atoms with Gasteiger partial charge in [0.1, 0.15) is 5.75 Å². The van der Waals surface area contributed by atoms with Gasteiger partial charge in [0.15, 0.2) is 0 Å². The second kappa shape index (κ2) is 7.82. The molecule has 0 bridgehead atoms. The van der Waals surface area contributed by atoms with Crippen LogP contribution in [0.4, 0.5) is 5.95 Å². The number of rotatable bonds is 6. The van der Waals surface area contributed by atoms with E-state index < -0.39 is 10.0 Å². The lowest BCUT2D eigenvalue weighted by Gasteiger charge is -2.25. The molecule has 1 aliphatic rings. The molecular weight excluding hydrogens is 364 g/mol. The molecule has 8 heteroatoms. The Morgan fingerprint density at radius 2 is 2.11 bits per heavy atom. The molecule has 27 heavy (non-hydrogen) atoms. The van der Waals surface area contributed by atoms with Crippen LogP contribution in [0.1, 0.15) is 31.5 Å². The van der Waals surface area contributed by atoms with Crippen molar-refractivity contribution in [3.05, 3.63) is 36.2 Å². The monoisotopic (exact) mass is 390 g/mol. The van der Waals surface area contributed by atoms with Gasteiger partial charge in [0.2, 0.25) is 16.0 Å². The summed E-state index contributed by atoms with van der Waals surface area (Å²) < 4.78 is 32.1. The minimum Gasteiger partial charge on any atom is -0.497 e. The summed E-state index contributed by atoms with van der Waals surface area (Å²) >= 11 is 0. The van der Waals surface area contributed by atoms with Gasteiger partial charge in [0.25, 0.3) is 0 Å². The predicted molar refractivity (Wildman–Crippen MR) is 106 cm³/mol. The number of nitrogens with zero attached hydrogens (tertiary/aromatic N) is 4. The molecule has 2 aromatic rings. The zero-order valence-corrected chi connectivity index (χ0v) is 17.0. The summed E-state index contributed by atoms with van der Waals surface area (Å²) in [5.74, 6) is 1.39. The SMILES string of the molecule is CCS(=O)(=O)N1CCC[C@@H]1c1nc(N(C)C)ncc1-c1cccc(OC)c1. The highest BCUT2D eigenvalue weighted by molar-refractivity contribution is 7.89. The van der Waals surface area contributed by atoms with E-state index in [4.69, 9.17) is 9.72 Å². The molecule has 3 rings (SSSR count). The highest BCUT2D eigenvalue weighted by Gasteiger charge is 2.36. The van der Waals surface area contributed by atoms with Crippen LogP contribution in [-0.2, 0) is 10.0 Å². The summed E-state index contributed by atoms with van der Waals surface area (Å²) in [6.07, 6.45) is 3.35. The van der Waals surface area contributed by atoms with Gasteiger partial charge >= 0.3 is 0 Å². The number of sulfonamides is 1. The Hall–Kier alpha value is -2.19. The fourth-order valence-electron chi connectivity index (χ4n) is 3.38. The molecule has 1 aliphatic heterocycles. The summed E-state index contributed by atoms with van der Waals surface area (Å²) in [5, 5.41) is 0. The van der Waals surface area contributed by atoms with E-state index in [1.807, 2.05) is 43.3 Å². The first-order chi connectivity index (χ1) is 12.9. The van der Waals surface area contributed by atoms with Gasteiger partial charge in [-0.1, -0.05) is 12.1 Å². The van der Waals surface area contributed by atoms with Gasteiger partial charge in [0, 0.05) is 32.4 Å². The Morgan fingerprint density at radius 1 is 1.33 bits per heavy atom. The summed E-state index contributed by atoms with van der Waals surface area (Å²) in [7, 11) is 2.07.